The summed E-state index contributed by atoms with van der Waals surface area (Å²) in [7, 11) is 1.86. The standard InChI is InChI=1S/C18H34N2O4Si/c1-8-14-15(12-24-17(14)25(9-2,10-3)11-4)20(18(22)23)16(21)13(5)19(6)7/h12-13,16,21H,8-11H2,1-7H3,(H,22,23). The van der Waals surface area contributed by atoms with Crippen molar-refractivity contribution in [1.29, 1.82) is 0 Å². The van der Waals surface area contributed by atoms with Crippen LogP contribution in [0.1, 0.15) is 40.2 Å². The van der Waals surface area contributed by atoms with E-state index < -0.39 is 20.4 Å². The van der Waals surface area contributed by atoms with Gasteiger partial charge in [-0.05, 0) is 27.4 Å². The Morgan fingerprint density at radius 3 is 2.08 bits per heavy atom. The predicted octanol–water partition coefficient (Wildman–Crippen LogP) is 3.31. The Balaban J connectivity index is 3.47. The van der Waals surface area contributed by atoms with Crippen molar-refractivity contribution in [1.82, 2.24) is 4.90 Å². The van der Waals surface area contributed by atoms with E-state index in [1.54, 1.807) is 11.8 Å². The third-order valence-corrected chi connectivity index (χ3v) is 11.2. The number of likely N-dealkylation sites (N-methyl/N-ethyl adjacent to an activating group) is 1. The molecule has 0 aromatic carbocycles. The molecule has 0 saturated heterocycles. The molecule has 2 unspecified atom stereocenters. The number of amides is 1. The highest BCUT2D eigenvalue weighted by molar-refractivity contribution is 6.91. The number of carboxylic acid groups (broad SMARTS) is 1. The fourth-order valence-corrected chi connectivity index (χ4v) is 7.15. The molecular weight excluding hydrogens is 336 g/mol. The number of rotatable bonds is 9. The van der Waals surface area contributed by atoms with Gasteiger partial charge in [0, 0.05) is 5.56 Å². The van der Waals surface area contributed by atoms with Crippen molar-refractivity contribution in [3.63, 3.8) is 0 Å². The zero-order valence-electron chi connectivity index (χ0n) is 16.7. The summed E-state index contributed by atoms with van der Waals surface area (Å²) in [6, 6.07) is 2.83. The maximum absolute atomic E-state index is 11.9. The zero-order chi connectivity index (χ0) is 19.4. The molecule has 25 heavy (non-hydrogen) atoms. The second-order valence-corrected chi connectivity index (χ2v) is 12.0. The molecule has 144 valence electrons. The van der Waals surface area contributed by atoms with Gasteiger partial charge in [-0.2, -0.15) is 0 Å². The Kier molecular flexibility index (Phi) is 7.71. The highest BCUT2D eigenvalue weighted by Gasteiger charge is 2.39. The van der Waals surface area contributed by atoms with Crippen LogP contribution in [0.4, 0.5) is 10.5 Å². The van der Waals surface area contributed by atoms with Gasteiger partial charge in [0.25, 0.3) is 0 Å². The van der Waals surface area contributed by atoms with Crippen LogP contribution in [0.3, 0.4) is 0 Å². The second-order valence-electron chi connectivity index (χ2n) is 6.89. The van der Waals surface area contributed by atoms with E-state index >= 15 is 0 Å². The molecule has 6 nitrogen and oxygen atoms in total. The van der Waals surface area contributed by atoms with Gasteiger partial charge in [0.1, 0.15) is 14.3 Å². The summed E-state index contributed by atoms with van der Waals surface area (Å²) in [5.41, 5.74) is 1.42. The smallest absolute Gasteiger partial charge is 0.414 e. The van der Waals surface area contributed by atoms with E-state index in [4.69, 9.17) is 4.42 Å². The highest BCUT2D eigenvalue weighted by Crippen LogP contribution is 2.30. The molecule has 0 spiro atoms. The van der Waals surface area contributed by atoms with Crippen molar-refractivity contribution < 1.29 is 19.4 Å². The molecule has 0 saturated carbocycles. The van der Waals surface area contributed by atoms with Gasteiger partial charge in [-0.25, -0.2) is 9.69 Å². The second kappa shape index (κ2) is 8.87. The Morgan fingerprint density at radius 2 is 1.72 bits per heavy atom. The van der Waals surface area contributed by atoms with Crippen LogP contribution >= 0.6 is 0 Å². The van der Waals surface area contributed by atoms with Crippen LogP contribution in [0.15, 0.2) is 10.7 Å². The van der Waals surface area contributed by atoms with Gasteiger partial charge < -0.3 is 19.5 Å². The Hall–Kier alpha value is -1.31. The molecule has 0 aliphatic heterocycles. The van der Waals surface area contributed by atoms with Crippen molar-refractivity contribution in [3.8, 4) is 0 Å². The van der Waals surface area contributed by atoms with Crippen molar-refractivity contribution in [2.45, 2.75) is 71.4 Å². The van der Waals surface area contributed by atoms with Crippen LogP contribution in [-0.4, -0.2) is 55.6 Å². The van der Waals surface area contributed by atoms with Gasteiger partial charge in [0.2, 0.25) is 0 Å². The van der Waals surface area contributed by atoms with Gasteiger partial charge >= 0.3 is 6.09 Å². The van der Waals surface area contributed by atoms with Gasteiger partial charge in [0.05, 0.1) is 17.1 Å². The number of nitrogens with zero attached hydrogens (tertiary/aromatic N) is 2. The van der Waals surface area contributed by atoms with E-state index in [9.17, 15) is 15.0 Å². The molecule has 7 heteroatoms. The third-order valence-electron chi connectivity index (χ3n) is 5.71. The summed E-state index contributed by atoms with van der Waals surface area (Å²) < 4.78 is 5.98. The normalized spacial score (nSPS) is 14.6. The van der Waals surface area contributed by atoms with Crippen LogP contribution < -0.4 is 10.3 Å². The van der Waals surface area contributed by atoms with Gasteiger partial charge in [-0.1, -0.05) is 45.8 Å². The molecule has 1 aromatic rings. The molecule has 2 N–H and O–H groups in total. The summed E-state index contributed by atoms with van der Waals surface area (Å²) >= 11 is 0. The maximum Gasteiger partial charge on any atom is 0.414 e. The first-order chi connectivity index (χ1) is 11.7. The lowest BCUT2D eigenvalue weighted by atomic mass is 10.2. The molecule has 0 aliphatic rings. The lowest BCUT2D eigenvalue weighted by Gasteiger charge is -2.33. The van der Waals surface area contributed by atoms with Crippen molar-refractivity contribution >= 4 is 25.2 Å². The summed E-state index contributed by atoms with van der Waals surface area (Å²) in [5.74, 6) is 0. The first-order valence-corrected chi connectivity index (χ1v) is 11.8. The van der Waals surface area contributed by atoms with Crippen molar-refractivity contribution in [3.05, 3.63) is 11.8 Å². The Labute approximate surface area is 152 Å². The molecule has 1 aromatic heterocycles. The van der Waals surface area contributed by atoms with Crippen LogP contribution in [0.25, 0.3) is 0 Å². The third kappa shape index (κ3) is 4.10. The van der Waals surface area contributed by atoms with E-state index in [0.29, 0.717) is 12.1 Å². The molecular formula is C18H34N2O4Si. The van der Waals surface area contributed by atoms with Gasteiger partial charge in [-0.15, -0.1) is 0 Å². The summed E-state index contributed by atoms with van der Waals surface area (Å²) in [6.07, 6.45) is -0.122. The number of hydrogen-bond acceptors (Lipinski definition) is 4. The van der Waals surface area contributed by atoms with E-state index in [1.807, 2.05) is 21.0 Å². The summed E-state index contributed by atoms with van der Waals surface area (Å²) in [5, 5.41) is 21.4. The Bertz CT molecular complexity index is 561. The average Bonchev–Trinajstić information content (AvgIpc) is 3.00. The van der Waals surface area contributed by atoms with Crippen LogP contribution in [0.5, 0.6) is 0 Å². The fraction of sp³-hybridized carbons (Fsp3) is 0.722. The summed E-state index contributed by atoms with van der Waals surface area (Å²) in [4.78, 5) is 14.8. The lowest BCUT2D eigenvalue weighted by Crippen LogP contribution is -2.51. The molecule has 0 bridgehead atoms. The first kappa shape index (κ1) is 21.7. The number of carbonyl (C=O) groups is 1. The molecule has 0 aliphatic carbocycles. The SMILES string of the molecule is CCc1c(N(C(=O)O)C(O)C(C)N(C)C)coc1[Si](CC)(CC)CC. The van der Waals surface area contributed by atoms with Crippen LogP contribution in [0.2, 0.25) is 18.1 Å². The van der Waals surface area contributed by atoms with Crippen molar-refractivity contribution in [2.75, 3.05) is 19.0 Å². The van der Waals surface area contributed by atoms with E-state index in [1.165, 1.54) is 6.26 Å². The first-order valence-electron chi connectivity index (χ1n) is 9.18. The fourth-order valence-electron chi connectivity index (χ4n) is 3.44. The number of furan rings is 1. The maximum atomic E-state index is 11.9. The minimum atomic E-state index is -1.78. The molecule has 1 amide bonds. The number of aliphatic hydroxyl groups is 1. The quantitative estimate of drug-likeness (QED) is 0.515. The van der Waals surface area contributed by atoms with Crippen LogP contribution in [-0.2, 0) is 6.42 Å². The van der Waals surface area contributed by atoms with Gasteiger partial charge in [0.15, 0.2) is 6.23 Å². The van der Waals surface area contributed by atoms with Crippen LogP contribution in [0, 0.1) is 0 Å². The van der Waals surface area contributed by atoms with E-state index in [-0.39, 0.29) is 6.04 Å². The monoisotopic (exact) mass is 370 g/mol. The topological polar surface area (TPSA) is 77.2 Å². The van der Waals surface area contributed by atoms with Gasteiger partial charge in [-0.3, -0.25) is 0 Å². The highest BCUT2D eigenvalue weighted by atomic mass is 28.3. The lowest BCUT2D eigenvalue weighted by molar-refractivity contribution is 0.0797. The zero-order valence-corrected chi connectivity index (χ0v) is 17.7. The largest absolute Gasteiger partial charge is 0.472 e. The van der Waals surface area contributed by atoms with Crippen molar-refractivity contribution in [2.24, 2.45) is 0 Å². The average molecular weight is 371 g/mol. The number of anilines is 1. The molecule has 0 fully saturated rings. The number of aliphatic hydroxyl groups excluding tert-OH is 1. The van der Waals surface area contributed by atoms with E-state index in [0.717, 1.165) is 34.0 Å². The molecule has 2 atom stereocenters. The predicted molar refractivity (Wildman–Crippen MR) is 105 cm³/mol. The number of hydrogen-bond donors (Lipinski definition) is 2. The Morgan fingerprint density at radius 1 is 1.20 bits per heavy atom. The molecule has 0 radical (unpaired) electrons. The summed E-state index contributed by atoms with van der Waals surface area (Å²) in [6.45, 7) is 10.4. The minimum absolute atomic E-state index is 0.343. The minimum Gasteiger partial charge on any atom is -0.472 e. The molecule has 1 rings (SSSR count). The molecule has 1 heterocycles. The van der Waals surface area contributed by atoms with E-state index in [2.05, 4.69) is 20.8 Å².